The van der Waals surface area contributed by atoms with E-state index in [9.17, 15) is 9.59 Å². The van der Waals surface area contributed by atoms with Crippen LogP contribution in [0.3, 0.4) is 0 Å². The lowest BCUT2D eigenvalue weighted by Crippen LogP contribution is -2.47. The summed E-state index contributed by atoms with van der Waals surface area (Å²) < 4.78 is 4.94. The van der Waals surface area contributed by atoms with E-state index in [2.05, 4.69) is 29.8 Å². The van der Waals surface area contributed by atoms with Crippen molar-refractivity contribution in [1.29, 1.82) is 0 Å². The van der Waals surface area contributed by atoms with Gasteiger partial charge in [-0.05, 0) is 24.7 Å². The molecule has 0 aromatic heterocycles. The molecule has 0 radical (unpaired) electrons. The lowest BCUT2D eigenvalue weighted by molar-refractivity contribution is -0.122. The lowest BCUT2D eigenvalue weighted by Gasteiger charge is -2.32. The van der Waals surface area contributed by atoms with E-state index in [0.29, 0.717) is 38.6 Å². The molecule has 25 heavy (non-hydrogen) atoms. The molecule has 148 valence electrons. The number of ether oxygens (including phenoxy) is 1. The molecule has 1 saturated heterocycles. The lowest BCUT2D eigenvalue weighted by atomic mass is 9.94. The topological polar surface area (TPSA) is 82.7 Å². The van der Waals surface area contributed by atoms with Gasteiger partial charge < -0.3 is 25.6 Å². The van der Waals surface area contributed by atoms with Crippen LogP contribution in [0.15, 0.2) is 0 Å². The van der Waals surface area contributed by atoms with Gasteiger partial charge in [-0.3, -0.25) is 4.79 Å². The number of nitrogens with zero attached hydrogens (tertiary/aromatic N) is 1. The van der Waals surface area contributed by atoms with E-state index in [1.54, 1.807) is 7.11 Å². The summed E-state index contributed by atoms with van der Waals surface area (Å²) in [6.07, 6.45) is 2.46. The van der Waals surface area contributed by atoms with E-state index in [-0.39, 0.29) is 30.3 Å². The van der Waals surface area contributed by atoms with Crippen molar-refractivity contribution in [2.24, 2.45) is 11.8 Å². The number of rotatable bonds is 10. The van der Waals surface area contributed by atoms with Gasteiger partial charge in [0.2, 0.25) is 5.91 Å². The second-order valence-corrected chi connectivity index (χ2v) is 6.83. The zero-order valence-corrected chi connectivity index (χ0v) is 16.6. The van der Waals surface area contributed by atoms with Crippen molar-refractivity contribution in [1.82, 2.24) is 20.9 Å². The van der Waals surface area contributed by atoms with Crippen molar-refractivity contribution in [3.63, 3.8) is 0 Å². The standard InChI is InChI=1S/C17H34N4O3.ClH/c1-14(2)12-20-17(23)21-9-4-5-15(13-21)11-16(22)19-7-6-18-8-10-24-3;/h14-15,18H,4-13H2,1-3H3,(H,19,22)(H,20,23);1H. The first-order chi connectivity index (χ1) is 11.5. The fourth-order valence-corrected chi connectivity index (χ4v) is 2.74. The quantitative estimate of drug-likeness (QED) is 0.499. The summed E-state index contributed by atoms with van der Waals surface area (Å²) >= 11 is 0. The minimum absolute atomic E-state index is 0. The molecule has 3 amide bonds. The van der Waals surface area contributed by atoms with Crippen molar-refractivity contribution >= 4 is 24.3 Å². The van der Waals surface area contributed by atoms with E-state index in [4.69, 9.17) is 4.74 Å². The number of hydrogen-bond acceptors (Lipinski definition) is 4. The molecule has 8 heteroatoms. The third-order valence-electron chi connectivity index (χ3n) is 4.05. The molecule has 1 unspecified atom stereocenters. The predicted molar refractivity (Wildman–Crippen MR) is 102 cm³/mol. The summed E-state index contributed by atoms with van der Waals surface area (Å²) in [5.41, 5.74) is 0. The number of amides is 3. The molecule has 1 aliphatic heterocycles. The van der Waals surface area contributed by atoms with Gasteiger partial charge >= 0.3 is 6.03 Å². The van der Waals surface area contributed by atoms with Gasteiger partial charge in [0.25, 0.3) is 0 Å². The van der Waals surface area contributed by atoms with Crippen LogP contribution >= 0.6 is 12.4 Å². The number of urea groups is 1. The second kappa shape index (κ2) is 14.2. The SMILES string of the molecule is COCCNCCNC(=O)CC1CCCN(C(=O)NCC(C)C)C1.Cl. The second-order valence-electron chi connectivity index (χ2n) is 6.83. The molecule has 1 heterocycles. The maximum absolute atomic E-state index is 12.1. The number of carbonyl (C=O) groups excluding carboxylic acids is 2. The Morgan fingerprint density at radius 2 is 1.96 bits per heavy atom. The smallest absolute Gasteiger partial charge is 0.317 e. The highest BCUT2D eigenvalue weighted by Crippen LogP contribution is 2.19. The molecule has 1 atom stereocenters. The highest BCUT2D eigenvalue weighted by atomic mass is 35.5. The third kappa shape index (κ3) is 11.2. The molecule has 7 nitrogen and oxygen atoms in total. The molecule has 1 fully saturated rings. The minimum Gasteiger partial charge on any atom is -0.383 e. The molecule has 0 aromatic carbocycles. The molecule has 0 aromatic rings. The van der Waals surface area contributed by atoms with Crippen molar-refractivity contribution in [2.75, 3.05) is 53.0 Å². The molecule has 0 bridgehead atoms. The number of carbonyl (C=O) groups is 2. The highest BCUT2D eigenvalue weighted by Gasteiger charge is 2.25. The number of nitrogens with one attached hydrogen (secondary N) is 3. The third-order valence-corrected chi connectivity index (χ3v) is 4.05. The summed E-state index contributed by atoms with van der Waals surface area (Å²) in [5, 5.41) is 9.07. The zero-order chi connectivity index (χ0) is 17.8. The largest absolute Gasteiger partial charge is 0.383 e. The normalized spacial score (nSPS) is 17.1. The van der Waals surface area contributed by atoms with E-state index in [1.807, 2.05) is 4.90 Å². The Morgan fingerprint density at radius 1 is 1.20 bits per heavy atom. The maximum atomic E-state index is 12.1. The van der Waals surface area contributed by atoms with Crippen LogP contribution in [0.2, 0.25) is 0 Å². The number of likely N-dealkylation sites (tertiary alicyclic amines) is 1. The fraction of sp³-hybridized carbons (Fsp3) is 0.882. The van der Waals surface area contributed by atoms with Gasteiger partial charge in [0.05, 0.1) is 6.61 Å². The van der Waals surface area contributed by atoms with E-state index in [1.165, 1.54) is 0 Å². The van der Waals surface area contributed by atoms with E-state index >= 15 is 0 Å². The molecule has 1 aliphatic rings. The number of halogens is 1. The van der Waals surface area contributed by atoms with Gasteiger partial charge in [0, 0.05) is 52.8 Å². The Labute approximate surface area is 158 Å². The molecule has 0 aliphatic carbocycles. The summed E-state index contributed by atoms with van der Waals surface area (Å²) in [7, 11) is 1.67. The zero-order valence-electron chi connectivity index (χ0n) is 15.8. The number of methoxy groups -OCH3 is 1. The van der Waals surface area contributed by atoms with Crippen LogP contribution < -0.4 is 16.0 Å². The van der Waals surface area contributed by atoms with Gasteiger partial charge in [-0.1, -0.05) is 13.8 Å². The molecule has 0 spiro atoms. The Kier molecular flexibility index (Phi) is 13.6. The van der Waals surface area contributed by atoms with Crippen molar-refractivity contribution < 1.29 is 14.3 Å². The Balaban J connectivity index is 0.00000576. The monoisotopic (exact) mass is 378 g/mol. The molecular formula is C17H35ClN4O3. The van der Waals surface area contributed by atoms with Gasteiger partial charge in [0.1, 0.15) is 0 Å². The van der Waals surface area contributed by atoms with Crippen LogP contribution in [0.25, 0.3) is 0 Å². The summed E-state index contributed by atoms with van der Waals surface area (Å²) in [6.45, 7) is 9.12. The number of piperidine rings is 1. The fourth-order valence-electron chi connectivity index (χ4n) is 2.74. The molecule has 3 N–H and O–H groups in total. The Bertz CT molecular complexity index is 383. The summed E-state index contributed by atoms with van der Waals surface area (Å²) in [4.78, 5) is 26.0. The van der Waals surface area contributed by atoms with Crippen LogP contribution in [-0.4, -0.2) is 69.8 Å². The Hall–Kier alpha value is -1.05. The van der Waals surface area contributed by atoms with Gasteiger partial charge in [0.15, 0.2) is 0 Å². The van der Waals surface area contributed by atoms with Gasteiger partial charge in [-0.2, -0.15) is 0 Å². The van der Waals surface area contributed by atoms with Crippen LogP contribution in [0.4, 0.5) is 4.79 Å². The van der Waals surface area contributed by atoms with Crippen LogP contribution in [0, 0.1) is 11.8 Å². The molecule has 1 rings (SSSR count). The first-order valence-corrected chi connectivity index (χ1v) is 9.02. The average molecular weight is 379 g/mol. The molecular weight excluding hydrogens is 344 g/mol. The summed E-state index contributed by atoms with van der Waals surface area (Å²) in [5.74, 6) is 0.765. The van der Waals surface area contributed by atoms with Crippen molar-refractivity contribution in [3.8, 4) is 0 Å². The van der Waals surface area contributed by atoms with Crippen molar-refractivity contribution in [2.45, 2.75) is 33.1 Å². The first-order valence-electron chi connectivity index (χ1n) is 9.02. The molecule has 0 saturated carbocycles. The van der Waals surface area contributed by atoms with Crippen molar-refractivity contribution in [3.05, 3.63) is 0 Å². The van der Waals surface area contributed by atoms with Gasteiger partial charge in [-0.15, -0.1) is 12.4 Å². The first kappa shape index (κ1) is 23.9. The predicted octanol–water partition coefficient (Wildman–Crippen LogP) is 1.23. The minimum atomic E-state index is -0.00356. The summed E-state index contributed by atoms with van der Waals surface area (Å²) in [6, 6.07) is -0.00356. The average Bonchev–Trinajstić information content (AvgIpc) is 2.56. The van der Waals surface area contributed by atoms with Crippen LogP contribution in [-0.2, 0) is 9.53 Å². The Morgan fingerprint density at radius 3 is 2.64 bits per heavy atom. The van der Waals surface area contributed by atoms with Crippen LogP contribution in [0.1, 0.15) is 33.1 Å². The maximum Gasteiger partial charge on any atom is 0.317 e. The van der Waals surface area contributed by atoms with E-state index in [0.717, 1.165) is 32.5 Å². The number of hydrogen-bond donors (Lipinski definition) is 3. The van der Waals surface area contributed by atoms with Gasteiger partial charge in [-0.25, -0.2) is 4.79 Å². The van der Waals surface area contributed by atoms with E-state index < -0.39 is 0 Å². The van der Waals surface area contributed by atoms with Crippen LogP contribution in [0.5, 0.6) is 0 Å². The highest BCUT2D eigenvalue weighted by molar-refractivity contribution is 5.85.